The molecule has 1 rings (SSSR count). The maximum atomic E-state index is 11.7. The maximum Gasteiger partial charge on any atom is 0.326 e. The molecule has 1 amide bonds. The standard InChI is InChI=1S/C12H22N2O3/c1-3-7(2)11(12(16)17)14-10(15)6-9(13)8-4-5-8/h7-9,11H,3-6,13H2,1-2H3,(H,14,15)(H,16,17)/t7-,9?,11-/m0/s1. The number of hydrogen-bond acceptors (Lipinski definition) is 3. The fraction of sp³-hybridized carbons (Fsp3) is 0.833. The molecule has 4 N–H and O–H groups in total. The molecule has 0 aromatic rings. The van der Waals surface area contributed by atoms with Gasteiger partial charge in [0.05, 0.1) is 0 Å². The number of aliphatic carboxylic acids is 1. The first-order chi connectivity index (χ1) is 7.95. The van der Waals surface area contributed by atoms with Gasteiger partial charge in [-0.3, -0.25) is 4.79 Å². The molecule has 1 aliphatic rings. The largest absolute Gasteiger partial charge is 0.480 e. The topological polar surface area (TPSA) is 92.4 Å². The highest BCUT2D eigenvalue weighted by atomic mass is 16.4. The van der Waals surface area contributed by atoms with E-state index in [1.807, 2.05) is 13.8 Å². The monoisotopic (exact) mass is 242 g/mol. The van der Waals surface area contributed by atoms with Gasteiger partial charge >= 0.3 is 5.97 Å². The van der Waals surface area contributed by atoms with Crippen LogP contribution >= 0.6 is 0 Å². The van der Waals surface area contributed by atoms with Gasteiger partial charge in [-0.15, -0.1) is 0 Å². The van der Waals surface area contributed by atoms with Crippen molar-refractivity contribution < 1.29 is 14.7 Å². The van der Waals surface area contributed by atoms with E-state index in [0.717, 1.165) is 12.8 Å². The molecule has 0 heterocycles. The van der Waals surface area contributed by atoms with E-state index in [9.17, 15) is 9.59 Å². The minimum Gasteiger partial charge on any atom is -0.480 e. The Hall–Kier alpha value is -1.10. The molecule has 5 nitrogen and oxygen atoms in total. The summed E-state index contributed by atoms with van der Waals surface area (Å²) in [5.41, 5.74) is 5.83. The summed E-state index contributed by atoms with van der Waals surface area (Å²) in [6, 6.07) is -0.930. The third kappa shape index (κ3) is 4.34. The van der Waals surface area contributed by atoms with Crippen molar-refractivity contribution in [2.75, 3.05) is 0 Å². The van der Waals surface area contributed by atoms with Gasteiger partial charge in [0.15, 0.2) is 0 Å². The lowest BCUT2D eigenvalue weighted by Crippen LogP contribution is -2.46. The van der Waals surface area contributed by atoms with Crippen molar-refractivity contribution in [3.8, 4) is 0 Å². The van der Waals surface area contributed by atoms with Crippen LogP contribution in [0.3, 0.4) is 0 Å². The second-order valence-corrected chi connectivity index (χ2v) is 4.97. The van der Waals surface area contributed by atoms with Gasteiger partial charge in [0.1, 0.15) is 6.04 Å². The van der Waals surface area contributed by atoms with Crippen LogP contribution in [-0.4, -0.2) is 29.1 Å². The summed E-state index contributed by atoms with van der Waals surface area (Å²) in [5.74, 6) is -0.856. The Morgan fingerprint density at radius 3 is 2.47 bits per heavy atom. The lowest BCUT2D eigenvalue weighted by atomic mass is 9.99. The highest BCUT2D eigenvalue weighted by Crippen LogP contribution is 2.32. The van der Waals surface area contributed by atoms with Crippen LogP contribution in [0.15, 0.2) is 0 Å². The van der Waals surface area contributed by atoms with Crippen LogP contribution in [0.4, 0.5) is 0 Å². The van der Waals surface area contributed by atoms with Crippen LogP contribution in [0.5, 0.6) is 0 Å². The SMILES string of the molecule is CC[C@H](C)[C@H](NC(=O)CC(N)C1CC1)C(=O)O. The Morgan fingerprint density at radius 2 is 2.06 bits per heavy atom. The average Bonchev–Trinajstić information content (AvgIpc) is 3.08. The van der Waals surface area contributed by atoms with Crippen LogP contribution in [0, 0.1) is 11.8 Å². The highest BCUT2D eigenvalue weighted by Gasteiger charge is 2.31. The van der Waals surface area contributed by atoms with E-state index in [-0.39, 0.29) is 24.3 Å². The summed E-state index contributed by atoms with van der Waals surface area (Å²) in [6.07, 6.45) is 3.11. The normalized spacial score (nSPS) is 20.4. The van der Waals surface area contributed by atoms with Gasteiger partial charge in [-0.25, -0.2) is 4.79 Å². The molecule has 0 bridgehead atoms. The first kappa shape index (κ1) is 14.0. The van der Waals surface area contributed by atoms with Gasteiger partial charge in [-0.2, -0.15) is 0 Å². The Bertz CT molecular complexity index is 289. The second kappa shape index (κ2) is 6.00. The predicted molar refractivity (Wildman–Crippen MR) is 64.3 cm³/mol. The molecule has 0 saturated heterocycles. The molecule has 1 unspecified atom stereocenters. The lowest BCUT2D eigenvalue weighted by molar-refractivity contribution is -0.143. The quantitative estimate of drug-likeness (QED) is 0.613. The van der Waals surface area contributed by atoms with Gasteiger partial charge in [0.25, 0.3) is 0 Å². The van der Waals surface area contributed by atoms with Crippen LogP contribution in [0.1, 0.15) is 39.5 Å². The fourth-order valence-corrected chi connectivity index (χ4v) is 1.82. The Morgan fingerprint density at radius 1 is 1.47 bits per heavy atom. The molecule has 98 valence electrons. The molecule has 17 heavy (non-hydrogen) atoms. The lowest BCUT2D eigenvalue weighted by Gasteiger charge is -2.21. The predicted octanol–water partition coefficient (Wildman–Crippen LogP) is 0.729. The Kier molecular flexibility index (Phi) is 4.93. The van der Waals surface area contributed by atoms with Crippen LogP contribution in [0.25, 0.3) is 0 Å². The number of nitrogens with two attached hydrogens (primary N) is 1. The summed E-state index contributed by atoms with van der Waals surface area (Å²) < 4.78 is 0. The minimum absolute atomic E-state index is 0.0754. The average molecular weight is 242 g/mol. The Balaban J connectivity index is 2.42. The molecular weight excluding hydrogens is 220 g/mol. The van der Waals surface area contributed by atoms with E-state index in [0.29, 0.717) is 12.3 Å². The van der Waals surface area contributed by atoms with Crippen molar-refractivity contribution in [1.29, 1.82) is 0 Å². The molecule has 0 aliphatic heterocycles. The molecule has 1 aliphatic carbocycles. The van der Waals surface area contributed by atoms with E-state index in [4.69, 9.17) is 10.8 Å². The van der Waals surface area contributed by atoms with Crippen molar-refractivity contribution in [1.82, 2.24) is 5.32 Å². The zero-order valence-corrected chi connectivity index (χ0v) is 10.5. The van der Waals surface area contributed by atoms with Gasteiger partial charge in [0, 0.05) is 12.5 Å². The molecule has 0 spiro atoms. The van der Waals surface area contributed by atoms with Crippen LogP contribution < -0.4 is 11.1 Å². The smallest absolute Gasteiger partial charge is 0.326 e. The number of carbonyl (C=O) groups is 2. The van der Waals surface area contributed by atoms with Crippen molar-refractivity contribution in [3.63, 3.8) is 0 Å². The first-order valence-corrected chi connectivity index (χ1v) is 6.23. The summed E-state index contributed by atoms with van der Waals surface area (Å²) in [4.78, 5) is 22.7. The van der Waals surface area contributed by atoms with E-state index >= 15 is 0 Å². The summed E-state index contributed by atoms with van der Waals surface area (Å²) in [5, 5.41) is 11.6. The van der Waals surface area contributed by atoms with E-state index in [1.54, 1.807) is 0 Å². The van der Waals surface area contributed by atoms with Crippen LogP contribution in [-0.2, 0) is 9.59 Å². The number of rotatable bonds is 7. The Labute approximate surface area is 102 Å². The van der Waals surface area contributed by atoms with Crippen molar-refractivity contribution in [2.45, 2.75) is 51.6 Å². The maximum absolute atomic E-state index is 11.7. The molecule has 3 atom stereocenters. The number of hydrogen-bond donors (Lipinski definition) is 3. The molecular formula is C12H22N2O3. The second-order valence-electron chi connectivity index (χ2n) is 4.97. The van der Waals surface area contributed by atoms with E-state index < -0.39 is 12.0 Å². The van der Waals surface area contributed by atoms with Crippen molar-refractivity contribution >= 4 is 11.9 Å². The van der Waals surface area contributed by atoms with Gasteiger partial charge in [-0.1, -0.05) is 20.3 Å². The number of carboxylic acid groups (broad SMARTS) is 1. The zero-order chi connectivity index (χ0) is 13.0. The number of amides is 1. The molecule has 0 radical (unpaired) electrons. The number of carbonyl (C=O) groups excluding carboxylic acids is 1. The molecule has 1 fully saturated rings. The molecule has 5 heteroatoms. The molecule has 0 aromatic carbocycles. The first-order valence-electron chi connectivity index (χ1n) is 6.23. The highest BCUT2D eigenvalue weighted by molar-refractivity contribution is 5.84. The van der Waals surface area contributed by atoms with Crippen LogP contribution in [0.2, 0.25) is 0 Å². The van der Waals surface area contributed by atoms with Crippen molar-refractivity contribution in [3.05, 3.63) is 0 Å². The number of carboxylic acids is 1. The van der Waals surface area contributed by atoms with Crippen molar-refractivity contribution in [2.24, 2.45) is 17.6 Å². The summed E-state index contributed by atoms with van der Waals surface area (Å²) in [7, 11) is 0. The zero-order valence-electron chi connectivity index (χ0n) is 10.5. The fourth-order valence-electron chi connectivity index (χ4n) is 1.82. The van der Waals surface area contributed by atoms with Gasteiger partial charge in [0.2, 0.25) is 5.91 Å². The molecule has 1 saturated carbocycles. The minimum atomic E-state index is -0.979. The summed E-state index contributed by atoms with van der Waals surface area (Å²) in [6.45, 7) is 3.72. The summed E-state index contributed by atoms with van der Waals surface area (Å²) >= 11 is 0. The van der Waals surface area contributed by atoms with E-state index in [1.165, 1.54) is 0 Å². The van der Waals surface area contributed by atoms with Gasteiger partial charge < -0.3 is 16.2 Å². The third-order valence-corrected chi connectivity index (χ3v) is 3.44. The molecule has 0 aromatic heterocycles. The van der Waals surface area contributed by atoms with Gasteiger partial charge in [-0.05, 0) is 24.7 Å². The van der Waals surface area contributed by atoms with E-state index in [2.05, 4.69) is 5.32 Å². The third-order valence-electron chi connectivity index (χ3n) is 3.44. The number of nitrogens with one attached hydrogen (secondary N) is 1.